The third-order valence-corrected chi connectivity index (χ3v) is 11.5. The van der Waals surface area contributed by atoms with E-state index in [0.717, 1.165) is 61.2 Å². The quantitative estimate of drug-likeness (QED) is 0.320. The standard InChI is InChI=1S/C28H45N5O5S/c1-27(2)20-13-14-28(27,3)23(16-20)32-25(34)22(15-18-7-5-4-6-8-18)33(39(30,37)38)21(26(35)36)11-9-19-10-12-24(29)31-17-19/h10,12,17-18,20-23H,4-9,11,13-16H2,1-3H3,(H2,29,31)(H,32,34)(H,35,36)(H2,30,37,38)/t20-,21?,22+,23+,28+/m1/s1. The number of carbonyl (C=O) groups excluding carboxylic acids is 1. The number of nitrogens with one attached hydrogen (secondary N) is 1. The number of hydrogen-bond donors (Lipinski definition) is 4. The van der Waals surface area contributed by atoms with Gasteiger partial charge in [0, 0.05) is 12.2 Å². The van der Waals surface area contributed by atoms with Crippen LogP contribution in [0.4, 0.5) is 5.82 Å². The molecule has 1 aromatic rings. The summed E-state index contributed by atoms with van der Waals surface area (Å²) < 4.78 is 26.9. The van der Waals surface area contributed by atoms with Gasteiger partial charge in [-0.25, -0.2) is 10.1 Å². The lowest BCUT2D eigenvalue weighted by Gasteiger charge is -2.41. The minimum absolute atomic E-state index is 0.0535. The maximum absolute atomic E-state index is 14.0. The SMILES string of the molecule is CC1(C)[C@@H]2CC[C@@]1(C)[C@@H](NC(=O)[C@H](CC1CCCCC1)N(C(CCc1ccc(N)nc1)C(=O)O)S(N)(=O)=O)C2. The lowest BCUT2D eigenvalue weighted by Crippen LogP contribution is -2.60. The summed E-state index contributed by atoms with van der Waals surface area (Å²) in [6, 6.07) is 0.550. The molecular weight excluding hydrogens is 518 g/mol. The summed E-state index contributed by atoms with van der Waals surface area (Å²) in [5.41, 5.74) is 6.33. The van der Waals surface area contributed by atoms with Gasteiger partial charge in [-0.15, -0.1) is 0 Å². The van der Waals surface area contributed by atoms with Crippen LogP contribution >= 0.6 is 0 Å². The number of aryl methyl sites for hydroxylation is 1. The zero-order valence-electron chi connectivity index (χ0n) is 23.4. The second-order valence-corrected chi connectivity index (χ2v) is 14.2. The van der Waals surface area contributed by atoms with Crippen LogP contribution in [0.3, 0.4) is 0 Å². The van der Waals surface area contributed by atoms with E-state index in [2.05, 4.69) is 31.1 Å². The Hall–Kier alpha value is -2.24. The maximum Gasteiger partial charge on any atom is 0.322 e. The van der Waals surface area contributed by atoms with Gasteiger partial charge in [0.2, 0.25) is 5.91 Å². The fourth-order valence-corrected chi connectivity index (χ4v) is 8.66. The number of nitrogens with two attached hydrogens (primary N) is 2. The summed E-state index contributed by atoms with van der Waals surface area (Å²) >= 11 is 0. The van der Waals surface area contributed by atoms with Gasteiger partial charge in [0.05, 0.1) is 0 Å². The highest BCUT2D eigenvalue weighted by Crippen LogP contribution is 2.65. The molecule has 6 N–H and O–H groups in total. The smallest absolute Gasteiger partial charge is 0.322 e. The van der Waals surface area contributed by atoms with Crippen molar-refractivity contribution < 1.29 is 23.1 Å². The molecule has 3 aliphatic rings. The summed E-state index contributed by atoms with van der Waals surface area (Å²) in [6.45, 7) is 6.71. The molecule has 11 heteroatoms. The van der Waals surface area contributed by atoms with E-state index in [1.807, 2.05) is 0 Å². The molecule has 3 aliphatic carbocycles. The molecule has 1 heterocycles. The van der Waals surface area contributed by atoms with Gasteiger partial charge in [0.25, 0.3) is 10.2 Å². The molecule has 10 nitrogen and oxygen atoms in total. The Morgan fingerprint density at radius 2 is 1.85 bits per heavy atom. The number of pyridine rings is 1. The number of fused-ring (bicyclic) bond motifs is 2. The molecule has 218 valence electrons. The van der Waals surface area contributed by atoms with E-state index in [1.165, 1.54) is 0 Å². The molecule has 39 heavy (non-hydrogen) atoms. The first-order valence-corrected chi connectivity index (χ1v) is 15.8. The molecule has 0 spiro atoms. The van der Waals surface area contributed by atoms with E-state index >= 15 is 0 Å². The number of hydrogen-bond acceptors (Lipinski definition) is 6. The topological polar surface area (TPSA) is 169 Å². The predicted octanol–water partition coefficient (Wildman–Crippen LogP) is 3.23. The second-order valence-electron chi connectivity index (χ2n) is 12.8. The van der Waals surface area contributed by atoms with E-state index in [-0.39, 0.29) is 42.1 Å². The van der Waals surface area contributed by atoms with Crippen LogP contribution in [-0.2, 0) is 26.2 Å². The van der Waals surface area contributed by atoms with Gasteiger partial charge in [-0.05, 0) is 72.8 Å². The van der Waals surface area contributed by atoms with Crippen molar-refractivity contribution in [1.82, 2.24) is 14.6 Å². The molecule has 1 unspecified atom stereocenters. The van der Waals surface area contributed by atoms with Crippen LogP contribution in [0.5, 0.6) is 0 Å². The normalized spacial score (nSPS) is 28.3. The predicted molar refractivity (Wildman–Crippen MR) is 149 cm³/mol. The van der Waals surface area contributed by atoms with Crippen LogP contribution in [0.2, 0.25) is 0 Å². The van der Waals surface area contributed by atoms with Crippen LogP contribution < -0.4 is 16.2 Å². The number of nitrogens with zero attached hydrogens (tertiary/aromatic N) is 2. The Morgan fingerprint density at radius 3 is 2.36 bits per heavy atom. The van der Waals surface area contributed by atoms with Crippen molar-refractivity contribution in [3.05, 3.63) is 23.9 Å². The monoisotopic (exact) mass is 563 g/mol. The van der Waals surface area contributed by atoms with Crippen molar-refractivity contribution >= 4 is 27.9 Å². The third kappa shape index (κ3) is 6.10. The number of carboxylic acid groups (broad SMARTS) is 1. The average Bonchev–Trinajstić information content (AvgIpc) is 3.20. The molecule has 3 fully saturated rings. The first-order valence-electron chi connectivity index (χ1n) is 14.3. The number of amides is 1. The second kappa shape index (κ2) is 11.3. The van der Waals surface area contributed by atoms with Crippen LogP contribution in [0.25, 0.3) is 0 Å². The minimum Gasteiger partial charge on any atom is -0.480 e. The number of anilines is 1. The lowest BCUT2D eigenvalue weighted by molar-refractivity contribution is -0.143. The molecule has 0 aromatic carbocycles. The number of aromatic nitrogens is 1. The highest BCUT2D eigenvalue weighted by molar-refractivity contribution is 7.86. The van der Waals surface area contributed by atoms with Crippen LogP contribution in [0.15, 0.2) is 18.3 Å². The van der Waals surface area contributed by atoms with Gasteiger partial charge in [-0.3, -0.25) is 9.59 Å². The molecule has 2 bridgehead atoms. The third-order valence-electron chi connectivity index (χ3n) is 10.4. The van der Waals surface area contributed by atoms with Gasteiger partial charge in [0.1, 0.15) is 17.9 Å². The van der Waals surface area contributed by atoms with Gasteiger partial charge in [-0.1, -0.05) is 58.9 Å². The van der Waals surface area contributed by atoms with E-state index in [9.17, 15) is 23.1 Å². The van der Waals surface area contributed by atoms with Gasteiger partial charge < -0.3 is 16.2 Å². The van der Waals surface area contributed by atoms with E-state index in [4.69, 9.17) is 10.9 Å². The molecule has 4 rings (SSSR count). The fourth-order valence-electron chi connectivity index (χ4n) is 7.57. The molecule has 1 aromatic heterocycles. The van der Waals surface area contributed by atoms with Crippen molar-refractivity contribution in [2.75, 3.05) is 5.73 Å². The zero-order chi connectivity index (χ0) is 28.6. The first kappa shape index (κ1) is 29.7. The Bertz CT molecular complexity index is 1150. The number of carbonyl (C=O) groups is 2. The van der Waals surface area contributed by atoms with Crippen molar-refractivity contribution in [2.24, 2.45) is 27.8 Å². The van der Waals surface area contributed by atoms with Crippen molar-refractivity contribution in [3.63, 3.8) is 0 Å². The van der Waals surface area contributed by atoms with E-state index in [0.29, 0.717) is 11.7 Å². The minimum atomic E-state index is -4.54. The van der Waals surface area contributed by atoms with E-state index < -0.39 is 34.2 Å². The highest BCUT2D eigenvalue weighted by Gasteiger charge is 2.62. The Balaban J connectivity index is 1.63. The van der Waals surface area contributed by atoms with E-state index in [1.54, 1.807) is 18.3 Å². The molecule has 1 amide bonds. The number of carboxylic acids is 1. The number of rotatable bonds is 11. The Labute approximate surface area is 232 Å². The van der Waals surface area contributed by atoms with Crippen molar-refractivity contribution in [2.45, 2.75) is 110 Å². The van der Waals surface area contributed by atoms with Crippen molar-refractivity contribution in [3.8, 4) is 0 Å². The van der Waals surface area contributed by atoms with Crippen molar-refractivity contribution in [1.29, 1.82) is 0 Å². The molecule has 5 atom stereocenters. The summed E-state index contributed by atoms with van der Waals surface area (Å²) in [4.78, 5) is 30.6. The highest BCUT2D eigenvalue weighted by atomic mass is 32.2. The fraction of sp³-hybridized carbons (Fsp3) is 0.750. The first-order chi connectivity index (χ1) is 18.2. The number of aliphatic carboxylic acids is 1. The summed E-state index contributed by atoms with van der Waals surface area (Å²) in [7, 11) is -4.54. The zero-order valence-corrected chi connectivity index (χ0v) is 24.3. The summed E-state index contributed by atoms with van der Waals surface area (Å²) in [5.74, 6) is -0.825. The van der Waals surface area contributed by atoms with Gasteiger partial charge >= 0.3 is 5.97 Å². The van der Waals surface area contributed by atoms with Gasteiger partial charge in [0.15, 0.2) is 0 Å². The summed E-state index contributed by atoms with van der Waals surface area (Å²) in [6.07, 6.45) is 9.83. The molecular formula is C28H45N5O5S. The molecule has 0 saturated heterocycles. The van der Waals surface area contributed by atoms with Crippen LogP contribution in [0.1, 0.15) is 90.5 Å². The summed E-state index contributed by atoms with van der Waals surface area (Å²) in [5, 5.41) is 19.1. The molecule has 0 radical (unpaired) electrons. The Morgan fingerprint density at radius 1 is 1.15 bits per heavy atom. The largest absolute Gasteiger partial charge is 0.480 e. The molecule has 0 aliphatic heterocycles. The molecule has 3 saturated carbocycles. The van der Waals surface area contributed by atoms with Crippen LogP contribution in [0, 0.1) is 22.7 Å². The van der Waals surface area contributed by atoms with Crippen LogP contribution in [-0.4, -0.2) is 52.8 Å². The Kier molecular flexibility index (Phi) is 8.64. The number of nitrogen functional groups attached to an aromatic ring is 1. The maximum atomic E-state index is 14.0. The average molecular weight is 564 g/mol. The van der Waals surface area contributed by atoms with Gasteiger partial charge in [-0.2, -0.15) is 12.7 Å². The lowest BCUT2D eigenvalue weighted by atomic mass is 9.69.